The minimum absolute atomic E-state index is 0.171. The quantitative estimate of drug-likeness (QED) is 0.475. The first-order valence-corrected chi connectivity index (χ1v) is 6.56. The Balaban J connectivity index is 3.33. The van der Waals surface area contributed by atoms with Gasteiger partial charge in [-0.1, -0.05) is 35.3 Å². The fraction of sp³-hybridized carbons (Fsp3) is 0.286. The molecule has 0 aliphatic heterocycles. The predicted molar refractivity (Wildman–Crippen MR) is 78.8 cm³/mol. The van der Waals surface area contributed by atoms with Crippen LogP contribution in [0, 0.1) is 0 Å². The fourth-order valence-corrected chi connectivity index (χ4v) is 1.83. The summed E-state index contributed by atoms with van der Waals surface area (Å²) in [4.78, 5) is 15.7. The summed E-state index contributed by atoms with van der Waals surface area (Å²) in [5, 5.41) is 0.821. The van der Waals surface area contributed by atoms with Gasteiger partial charge in [0.15, 0.2) is 5.78 Å². The fourth-order valence-electron chi connectivity index (χ4n) is 1.44. The van der Waals surface area contributed by atoms with Crippen molar-refractivity contribution in [2.75, 3.05) is 6.61 Å². The lowest BCUT2D eigenvalue weighted by Crippen LogP contribution is -2.10. The number of ketones is 1. The number of rotatable bonds is 4. The largest absolute Gasteiger partial charge is 0.477 e. The number of hydrogen-bond acceptors (Lipinski definition) is 3. The molecule has 0 spiro atoms. The highest BCUT2D eigenvalue weighted by molar-refractivity contribution is 6.34. The summed E-state index contributed by atoms with van der Waals surface area (Å²) < 4.78 is 5.46. The van der Waals surface area contributed by atoms with E-state index in [2.05, 4.69) is 4.99 Å². The molecule has 1 rings (SSSR count). The van der Waals surface area contributed by atoms with E-state index in [4.69, 9.17) is 27.9 Å². The second-order valence-electron chi connectivity index (χ2n) is 3.77. The lowest BCUT2D eigenvalue weighted by atomic mass is 10.2. The Morgan fingerprint density at radius 2 is 1.95 bits per heavy atom. The maximum Gasteiger partial charge on any atom is 0.222 e. The topological polar surface area (TPSA) is 38.7 Å². The third kappa shape index (κ3) is 4.37. The Morgan fingerprint density at radius 1 is 1.32 bits per heavy atom. The highest BCUT2D eigenvalue weighted by Gasteiger charge is 2.13. The third-order valence-electron chi connectivity index (χ3n) is 2.26. The molecule has 0 amide bonds. The molecule has 0 aliphatic carbocycles. The van der Waals surface area contributed by atoms with Gasteiger partial charge in [0.2, 0.25) is 5.90 Å². The van der Waals surface area contributed by atoms with Gasteiger partial charge < -0.3 is 4.74 Å². The zero-order valence-corrected chi connectivity index (χ0v) is 12.5. The molecule has 1 aromatic rings. The van der Waals surface area contributed by atoms with Crippen LogP contribution in [0.4, 0.5) is 0 Å². The molecule has 0 saturated heterocycles. The van der Waals surface area contributed by atoms with Gasteiger partial charge in [-0.3, -0.25) is 4.79 Å². The molecule has 0 unspecified atom stereocenters. The number of benzene rings is 1. The van der Waals surface area contributed by atoms with Crippen LogP contribution in [0.25, 0.3) is 0 Å². The minimum atomic E-state index is -0.225. The van der Waals surface area contributed by atoms with Crippen molar-refractivity contribution in [2.45, 2.75) is 20.8 Å². The number of Topliss-reactive ketones (excluding diaryl/α,β-unsaturated/α-hetero) is 1. The predicted octanol–water partition coefficient (Wildman–Crippen LogP) is 4.18. The first kappa shape index (κ1) is 15.7. The lowest BCUT2D eigenvalue weighted by Gasteiger charge is -2.10. The van der Waals surface area contributed by atoms with Crippen molar-refractivity contribution in [3.05, 3.63) is 45.6 Å². The monoisotopic (exact) mass is 299 g/mol. The molecular weight excluding hydrogens is 285 g/mol. The van der Waals surface area contributed by atoms with Crippen molar-refractivity contribution in [3.63, 3.8) is 0 Å². The average Bonchev–Trinajstić information content (AvgIpc) is 2.34. The Morgan fingerprint density at radius 3 is 2.42 bits per heavy atom. The Hall–Kier alpha value is -1.32. The third-order valence-corrected chi connectivity index (χ3v) is 2.77. The van der Waals surface area contributed by atoms with Crippen molar-refractivity contribution in [1.82, 2.24) is 0 Å². The minimum Gasteiger partial charge on any atom is -0.477 e. The molecular formula is C14H15Cl2NO2. The van der Waals surface area contributed by atoms with Crippen molar-refractivity contribution in [3.8, 4) is 0 Å². The van der Waals surface area contributed by atoms with Gasteiger partial charge in [0.25, 0.3) is 0 Å². The smallest absolute Gasteiger partial charge is 0.222 e. The Labute approximate surface area is 122 Å². The number of nitrogens with zero attached hydrogens (tertiary/aromatic N) is 1. The van der Waals surface area contributed by atoms with E-state index >= 15 is 0 Å². The Bertz CT molecular complexity index is 532. The maximum absolute atomic E-state index is 11.5. The molecule has 1 aromatic carbocycles. The first-order valence-electron chi connectivity index (χ1n) is 5.81. The molecule has 0 heterocycles. The van der Waals surface area contributed by atoms with E-state index in [0.717, 1.165) is 0 Å². The molecule has 0 aliphatic rings. The van der Waals surface area contributed by atoms with Crippen LogP contribution in [0.3, 0.4) is 0 Å². The summed E-state index contributed by atoms with van der Waals surface area (Å²) in [6.45, 7) is 5.26. The van der Waals surface area contributed by atoms with Crippen LogP contribution in [0.2, 0.25) is 5.02 Å². The number of hydrogen-bond donors (Lipinski definition) is 0. The summed E-state index contributed by atoms with van der Waals surface area (Å²) in [6.07, 6.45) is 0. The number of halogens is 2. The number of carbonyl (C=O) groups is 1. The van der Waals surface area contributed by atoms with Crippen molar-refractivity contribution in [2.24, 2.45) is 4.99 Å². The van der Waals surface area contributed by atoms with Crippen molar-refractivity contribution >= 4 is 34.9 Å². The van der Waals surface area contributed by atoms with Crippen molar-refractivity contribution < 1.29 is 9.53 Å². The van der Waals surface area contributed by atoms with Crippen LogP contribution in [0.15, 0.2) is 40.0 Å². The lowest BCUT2D eigenvalue weighted by molar-refractivity contribution is -0.113. The number of aliphatic imine (C=N–C) groups is 1. The van der Waals surface area contributed by atoms with Crippen LogP contribution < -0.4 is 0 Å². The van der Waals surface area contributed by atoms with E-state index in [1.807, 2.05) is 19.1 Å². The molecule has 0 fully saturated rings. The standard InChI is InChI=1S/C14H15Cl2NO2/c1-4-19-14(11-7-5-6-8-12(11)16)17-13(9(2)15)10(3)18/h5-8H,4H2,1-3H3. The van der Waals surface area contributed by atoms with Gasteiger partial charge in [0.05, 0.1) is 17.2 Å². The number of allylic oxidation sites excluding steroid dienone is 2. The molecule has 0 atom stereocenters. The van der Waals surface area contributed by atoms with Gasteiger partial charge in [0.1, 0.15) is 5.70 Å². The zero-order chi connectivity index (χ0) is 14.4. The van der Waals surface area contributed by atoms with Gasteiger partial charge >= 0.3 is 0 Å². The second kappa shape index (κ2) is 7.31. The normalized spacial score (nSPS) is 13.0. The summed E-state index contributed by atoms with van der Waals surface area (Å²) in [6, 6.07) is 7.14. The van der Waals surface area contributed by atoms with Gasteiger partial charge in [-0.25, -0.2) is 4.99 Å². The van der Waals surface area contributed by atoms with Crippen LogP contribution in [-0.2, 0) is 9.53 Å². The summed E-state index contributed by atoms with van der Waals surface area (Å²) >= 11 is 12.0. The van der Waals surface area contributed by atoms with Gasteiger partial charge in [-0.05, 0) is 26.0 Å². The van der Waals surface area contributed by atoms with E-state index < -0.39 is 0 Å². The summed E-state index contributed by atoms with van der Waals surface area (Å²) in [5.41, 5.74) is 0.799. The molecule has 0 N–H and O–H groups in total. The van der Waals surface area contributed by atoms with E-state index in [0.29, 0.717) is 28.1 Å². The molecule has 0 radical (unpaired) electrons. The van der Waals surface area contributed by atoms with Crippen LogP contribution in [0.5, 0.6) is 0 Å². The van der Waals surface area contributed by atoms with Crippen LogP contribution in [-0.4, -0.2) is 18.3 Å². The number of carbonyl (C=O) groups excluding carboxylic acids is 1. The van der Waals surface area contributed by atoms with E-state index in [1.54, 1.807) is 19.1 Å². The molecule has 102 valence electrons. The molecule has 5 heteroatoms. The van der Waals surface area contributed by atoms with Gasteiger partial charge in [-0.15, -0.1) is 0 Å². The van der Waals surface area contributed by atoms with Gasteiger partial charge in [-0.2, -0.15) is 0 Å². The summed E-state index contributed by atoms with van der Waals surface area (Å²) in [5.74, 6) is 0.0649. The Kier molecular flexibility index (Phi) is 6.06. The molecule has 0 saturated carbocycles. The highest BCUT2D eigenvalue weighted by atomic mass is 35.5. The molecule has 19 heavy (non-hydrogen) atoms. The van der Waals surface area contributed by atoms with Gasteiger partial charge in [0, 0.05) is 12.0 Å². The van der Waals surface area contributed by atoms with E-state index in [1.165, 1.54) is 6.92 Å². The van der Waals surface area contributed by atoms with Crippen molar-refractivity contribution in [1.29, 1.82) is 0 Å². The highest BCUT2D eigenvalue weighted by Crippen LogP contribution is 2.19. The molecule has 0 aromatic heterocycles. The average molecular weight is 300 g/mol. The van der Waals surface area contributed by atoms with Crippen LogP contribution >= 0.6 is 23.2 Å². The SMILES string of the molecule is CCOC(=NC(C(C)=O)=C(C)Cl)c1ccccc1Cl. The molecule has 0 bridgehead atoms. The first-order chi connectivity index (χ1) is 8.97. The van der Waals surface area contributed by atoms with Crippen LogP contribution in [0.1, 0.15) is 26.3 Å². The van der Waals surface area contributed by atoms with E-state index in [9.17, 15) is 4.79 Å². The summed E-state index contributed by atoms with van der Waals surface area (Å²) in [7, 11) is 0. The number of ether oxygens (including phenoxy) is 1. The molecule has 3 nitrogen and oxygen atoms in total. The maximum atomic E-state index is 11.5. The second-order valence-corrected chi connectivity index (χ2v) is 4.74. The zero-order valence-electron chi connectivity index (χ0n) is 11.0. The van der Waals surface area contributed by atoms with E-state index in [-0.39, 0.29) is 11.5 Å².